The maximum atomic E-state index is 11.6. The van der Waals surface area contributed by atoms with Gasteiger partial charge in [0.05, 0.1) is 17.4 Å². The first-order valence-corrected chi connectivity index (χ1v) is 5.02. The smallest absolute Gasteiger partial charge is 0.408 e. The minimum absolute atomic E-state index is 0.390. The molecule has 0 spiro atoms. The van der Waals surface area contributed by atoms with Crippen molar-refractivity contribution in [2.45, 2.75) is 6.92 Å². The van der Waals surface area contributed by atoms with Gasteiger partial charge in [0.15, 0.2) is 0 Å². The van der Waals surface area contributed by atoms with Crippen molar-refractivity contribution in [3.63, 3.8) is 0 Å². The summed E-state index contributed by atoms with van der Waals surface area (Å²) in [6.07, 6.45) is 2.18. The van der Waals surface area contributed by atoms with Crippen molar-refractivity contribution in [2.24, 2.45) is 0 Å². The minimum atomic E-state index is -0.582. The maximum Gasteiger partial charge on any atom is 0.440 e. The first-order valence-electron chi connectivity index (χ1n) is 4.65. The van der Waals surface area contributed by atoms with E-state index in [9.17, 15) is 4.79 Å². The predicted octanol–water partition coefficient (Wildman–Crippen LogP) is 2.89. The van der Waals surface area contributed by atoms with Gasteiger partial charge in [0.2, 0.25) is 0 Å². The van der Waals surface area contributed by atoms with Gasteiger partial charge >= 0.3 is 6.09 Å². The summed E-state index contributed by atoms with van der Waals surface area (Å²) in [6.45, 7) is 1.86. The van der Waals surface area contributed by atoms with Gasteiger partial charge in [-0.2, -0.15) is 9.78 Å². The second-order valence-corrected chi connectivity index (χ2v) is 3.67. The Balaban J connectivity index is 2.17. The molecule has 0 unspecified atom stereocenters. The lowest BCUT2D eigenvalue weighted by Gasteiger charge is -2.05. The molecule has 0 amide bonds. The molecule has 16 heavy (non-hydrogen) atoms. The Morgan fingerprint density at radius 1 is 1.44 bits per heavy atom. The van der Waals surface area contributed by atoms with Gasteiger partial charge in [-0.15, -0.1) is 0 Å². The van der Waals surface area contributed by atoms with Crippen molar-refractivity contribution in [1.29, 1.82) is 0 Å². The highest BCUT2D eigenvalue weighted by Crippen LogP contribution is 2.17. The Morgan fingerprint density at radius 2 is 2.19 bits per heavy atom. The van der Waals surface area contributed by atoms with Crippen LogP contribution in [-0.2, 0) is 0 Å². The molecule has 0 N–H and O–H groups in total. The molecule has 1 heterocycles. The lowest BCUT2D eigenvalue weighted by molar-refractivity contribution is 0.198. The van der Waals surface area contributed by atoms with E-state index in [0.29, 0.717) is 10.8 Å². The quantitative estimate of drug-likeness (QED) is 0.765. The zero-order valence-electron chi connectivity index (χ0n) is 8.55. The third-order valence-electron chi connectivity index (χ3n) is 2.03. The maximum absolute atomic E-state index is 11.6. The van der Waals surface area contributed by atoms with Crippen LogP contribution in [0.4, 0.5) is 4.79 Å². The molecule has 4 nitrogen and oxygen atoms in total. The molecule has 0 bridgehead atoms. The third kappa shape index (κ3) is 2.23. The Labute approximate surface area is 97.4 Å². The fraction of sp³-hybridized carbons (Fsp3) is 0.0909. The third-order valence-corrected chi connectivity index (χ3v) is 2.22. The molecular formula is C11H9ClN2O2. The van der Waals surface area contributed by atoms with Gasteiger partial charge in [-0.1, -0.05) is 29.8 Å². The van der Waals surface area contributed by atoms with E-state index in [1.54, 1.807) is 12.1 Å². The van der Waals surface area contributed by atoms with Crippen molar-refractivity contribution in [3.05, 3.63) is 47.2 Å². The molecule has 1 aromatic carbocycles. The number of halogens is 1. The second-order valence-electron chi connectivity index (χ2n) is 3.24. The Bertz CT molecular complexity index is 522. The minimum Gasteiger partial charge on any atom is -0.408 e. The molecule has 0 atom stereocenters. The van der Waals surface area contributed by atoms with Crippen LogP contribution < -0.4 is 4.74 Å². The molecule has 0 saturated carbocycles. The van der Waals surface area contributed by atoms with Gasteiger partial charge in [-0.3, -0.25) is 0 Å². The van der Waals surface area contributed by atoms with E-state index in [1.165, 1.54) is 12.4 Å². The summed E-state index contributed by atoms with van der Waals surface area (Å²) >= 11 is 5.65. The first-order chi connectivity index (χ1) is 7.66. The highest BCUT2D eigenvalue weighted by Gasteiger charge is 2.10. The van der Waals surface area contributed by atoms with Crippen molar-refractivity contribution < 1.29 is 9.53 Å². The zero-order valence-corrected chi connectivity index (χ0v) is 9.31. The summed E-state index contributed by atoms with van der Waals surface area (Å²) in [6, 6.07) is 7.25. The van der Waals surface area contributed by atoms with Crippen molar-refractivity contribution in [3.8, 4) is 5.75 Å². The Kier molecular flexibility index (Phi) is 2.92. The average molecular weight is 237 g/mol. The van der Waals surface area contributed by atoms with Crippen LogP contribution in [0.25, 0.3) is 0 Å². The van der Waals surface area contributed by atoms with E-state index in [0.717, 1.165) is 10.2 Å². The molecule has 0 aliphatic rings. The standard InChI is InChI=1S/C11H9ClN2O2/c1-8-4-2-3-5-10(8)16-11(15)14-7-9(12)6-13-14/h2-7H,1H3. The van der Waals surface area contributed by atoms with Gasteiger partial charge in [-0.05, 0) is 18.6 Å². The van der Waals surface area contributed by atoms with Crippen LogP contribution in [0, 0.1) is 6.92 Å². The van der Waals surface area contributed by atoms with Gasteiger partial charge < -0.3 is 4.74 Å². The Morgan fingerprint density at radius 3 is 2.81 bits per heavy atom. The van der Waals surface area contributed by atoms with E-state index in [-0.39, 0.29) is 0 Å². The van der Waals surface area contributed by atoms with Gasteiger partial charge in [0, 0.05) is 0 Å². The van der Waals surface area contributed by atoms with E-state index in [4.69, 9.17) is 16.3 Å². The van der Waals surface area contributed by atoms with Crippen LogP contribution in [0.2, 0.25) is 5.02 Å². The number of nitrogens with zero attached hydrogens (tertiary/aromatic N) is 2. The average Bonchev–Trinajstić information content (AvgIpc) is 2.68. The molecule has 0 fully saturated rings. The number of carbonyl (C=O) groups excluding carboxylic acids is 1. The van der Waals surface area contributed by atoms with Crippen molar-refractivity contribution in [1.82, 2.24) is 9.78 Å². The lowest BCUT2D eigenvalue weighted by Crippen LogP contribution is -2.17. The second kappa shape index (κ2) is 4.37. The largest absolute Gasteiger partial charge is 0.440 e. The molecule has 5 heteroatoms. The fourth-order valence-corrected chi connectivity index (χ4v) is 1.35. The summed E-state index contributed by atoms with van der Waals surface area (Å²) < 4.78 is 6.20. The zero-order chi connectivity index (χ0) is 11.5. The number of hydrogen-bond acceptors (Lipinski definition) is 3. The summed E-state index contributed by atoms with van der Waals surface area (Å²) in [5.41, 5.74) is 0.883. The predicted molar refractivity (Wildman–Crippen MR) is 59.8 cm³/mol. The van der Waals surface area contributed by atoms with Crippen LogP contribution in [0.15, 0.2) is 36.7 Å². The normalized spacial score (nSPS) is 10.1. The highest BCUT2D eigenvalue weighted by atomic mass is 35.5. The molecule has 0 aliphatic heterocycles. The number of para-hydroxylation sites is 1. The van der Waals surface area contributed by atoms with Crippen molar-refractivity contribution in [2.75, 3.05) is 0 Å². The van der Waals surface area contributed by atoms with E-state index >= 15 is 0 Å². The van der Waals surface area contributed by atoms with Crippen LogP contribution >= 0.6 is 11.6 Å². The number of rotatable bonds is 1. The highest BCUT2D eigenvalue weighted by molar-refractivity contribution is 6.30. The summed E-state index contributed by atoms with van der Waals surface area (Å²) in [5, 5.41) is 4.14. The van der Waals surface area contributed by atoms with Gasteiger partial charge in [0.25, 0.3) is 0 Å². The molecule has 0 radical (unpaired) electrons. The molecule has 2 rings (SSSR count). The SMILES string of the molecule is Cc1ccccc1OC(=O)n1cc(Cl)cn1. The van der Waals surface area contributed by atoms with Crippen LogP contribution in [0.1, 0.15) is 5.56 Å². The molecule has 1 aromatic heterocycles. The number of aromatic nitrogens is 2. The number of aryl methyl sites for hydroxylation is 1. The number of hydrogen-bond donors (Lipinski definition) is 0. The van der Waals surface area contributed by atoms with Crippen molar-refractivity contribution >= 4 is 17.7 Å². The fourth-order valence-electron chi connectivity index (χ4n) is 1.21. The van der Waals surface area contributed by atoms with Crippen LogP contribution in [0.5, 0.6) is 5.75 Å². The van der Waals surface area contributed by atoms with E-state index in [2.05, 4.69) is 5.10 Å². The molecule has 0 aliphatic carbocycles. The Hall–Kier alpha value is -1.81. The number of carbonyl (C=O) groups is 1. The molecular weight excluding hydrogens is 228 g/mol. The van der Waals surface area contributed by atoms with Crippen LogP contribution in [0.3, 0.4) is 0 Å². The molecule has 2 aromatic rings. The summed E-state index contributed by atoms with van der Waals surface area (Å²) in [7, 11) is 0. The topological polar surface area (TPSA) is 44.1 Å². The van der Waals surface area contributed by atoms with Crippen LogP contribution in [-0.4, -0.2) is 15.9 Å². The molecule has 82 valence electrons. The van der Waals surface area contributed by atoms with E-state index in [1.807, 2.05) is 19.1 Å². The molecule has 0 saturated heterocycles. The summed E-state index contributed by atoms with van der Waals surface area (Å²) in [4.78, 5) is 11.6. The first kappa shape index (κ1) is 10.7. The summed E-state index contributed by atoms with van der Waals surface area (Å²) in [5.74, 6) is 0.513. The van der Waals surface area contributed by atoms with E-state index < -0.39 is 6.09 Å². The number of ether oxygens (including phenoxy) is 1. The lowest BCUT2D eigenvalue weighted by atomic mass is 10.2. The van der Waals surface area contributed by atoms with Gasteiger partial charge in [0.1, 0.15) is 5.75 Å². The monoisotopic (exact) mass is 236 g/mol. The number of benzene rings is 1. The van der Waals surface area contributed by atoms with Gasteiger partial charge in [-0.25, -0.2) is 4.79 Å².